The molecule has 1 amide bonds. The van der Waals surface area contributed by atoms with Crippen molar-refractivity contribution in [2.45, 2.75) is 45.9 Å². The molecule has 8 nitrogen and oxygen atoms in total. The molecule has 1 saturated heterocycles. The molecule has 1 aromatic heterocycles. The molecule has 0 aliphatic carbocycles. The van der Waals surface area contributed by atoms with Crippen LogP contribution in [0.2, 0.25) is 0 Å². The van der Waals surface area contributed by atoms with E-state index in [9.17, 15) is 23.9 Å². The molecule has 0 radical (unpaired) electrons. The molecule has 3 rings (SSSR count). The third-order valence-corrected chi connectivity index (χ3v) is 5.42. The number of pyridine rings is 1. The number of rotatable bonds is 5. The molecular formula is C22H26F3N3O5. The lowest BCUT2D eigenvalue weighted by Gasteiger charge is -2.24. The second-order valence-corrected chi connectivity index (χ2v) is 9.11. The number of carboxylic acid groups (broad SMARTS) is 1. The Morgan fingerprint density at radius 3 is 2.52 bits per heavy atom. The number of anilines is 1. The van der Waals surface area contributed by atoms with Gasteiger partial charge in [-0.3, -0.25) is 4.79 Å². The summed E-state index contributed by atoms with van der Waals surface area (Å²) in [6, 6.07) is 0.313. The monoisotopic (exact) mass is 469 g/mol. The molecule has 2 heterocycles. The molecule has 0 spiro atoms. The van der Waals surface area contributed by atoms with Gasteiger partial charge in [0.25, 0.3) is 0 Å². The third-order valence-electron chi connectivity index (χ3n) is 5.42. The molecule has 11 heteroatoms. The number of carboxylic acids is 1. The standard InChI is InChI=1S/C22H26F3N3O5/c1-11-8-28(10-15(11)26-21(32)33-22(2,3)4)18-14(24)7-12-17(16(18)25)27(6-5-23)9-13(19(12)29)20(30)31/h7,9,11,15H,5-6,8,10H2,1-4H3,(H,26,32)(H,30,31)/t11-,15+/m1/s1. The first-order chi connectivity index (χ1) is 15.3. The quantitative estimate of drug-likeness (QED) is 0.697. The van der Waals surface area contributed by atoms with Crippen molar-refractivity contribution in [1.82, 2.24) is 9.88 Å². The first-order valence-electron chi connectivity index (χ1n) is 10.4. The Morgan fingerprint density at radius 1 is 1.27 bits per heavy atom. The van der Waals surface area contributed by atoms with Gasteiger partial charge < -0.3 is 24.6 Å². The van der Waals surface area contributed by atoms with Gasteiger partial charge >= 0.3 is 12.1 Å². The van der Waals surface area contributed by atoms with Crippen molar-refractivity contribution in [3.8, 4) is 0 Å². The minimum absolute atomic E-state index is 0.0698. The minimum Gasteiger partial charge on any atom is -0.477 e. The molecule has 180 valence electrons. The van der Waals surface area contributed by atoms with Gasteiger partial charge in [0, 0.05) is 19.3 Å². The summed E-state index contributed by atoms with van der Waals surface area (Å²) in [5, 5.41) is 11.5. The van der Waals surface area contributed by atoms with Crippen LogP contribution >= 0.6 is 0 Å². The van der Waals surface area contributed by atoms with Crippen LogP contribution in [0.1, 0.15) is 38.1 Å². The summed E-state index contributed by atoms with van der Waals surface area (Å²) in [7, 11) is 0. The third kappa shape index (κ3) is 4.91. The first-order valence-corrected chi connectivity index (χ1v) is 10.4. The molecular weight excluding hydrogens is 443 g/mol. The highest BCUT2D eigenvalue weighted by Gasteiger charge is 2.35. The number of ether oxygens (including phenoxy) is 1. The number of aromatic carboxylic acids is 1. The van der Waals surface area contributed by atoms with E-state index in [1.54, 1.807) is 27.7 Å². The Labute approximate surface area is 187 Å². The minimum atomic E-state index is -1.58. The fourth-order valence-corrected chi connectivity index (χ4v) is 3.98. The fraction of sp³-hybridized carbons (Fsp3) is 0.500. The zero-order valence-electron chi connectivity index (χ0n) is 18.7. The predicted molar refractivity (Wildman–Crippen MR) is 116 cm³/mol. The number of aromatic nitrogens is 1. The summed E-state index contributed by atoms with van der Waals surface area (Å²) in [5.41, 5.74) is -3.29. The fourth-order valence-electron chi connectivity index (χ4n) is 3.98. The van der Waals surface area contributed by atoms with Crippen LogP contribution in [0.5, 0.6) is 0 Å². The van der Waals surface area contributed by atoms with E-state index in [0.29, 0.717) is 0 Å². The Balaban J connectivity index is 2.03. The summed E-state index contributed by atoms with van der Waals surface area (Å²) in [6.45, 7) is 5.83. The van der Waals surface area contributed by atoms with Crippen molar-refractivity contribution >= 4 is 28.7 Å². The van der Waals surface area contributed by atoms with Gasteiger partial charge in [-0.1, -0.05) is 6.92 Å². The second kappa shape index (κ2) is 8.95. The van der Waals surface area contributed by atoms with Gasteiger partial charge in [-0.2, -0.15) is 0 Å². The molecule has 0 bridgehead atoms. The van der Waals surface area contributed by atoms with Crippen LogP contribution in [0.4, 0.5) is 23.7 Å². The topological polar surface area (TPSA) is 101 Å². The normalized spacial score (nSPS) is 18.6. The van der Waals surface area contributed by atoms with E-state index < -0.39 is 70.6 Å². The summed E-state index contributed by atoms with van der Waals surface area (Å²) in [6.07, 6.45) is 0.204. The molecule has 1 aliphatic heterocycles. The number of hydrogen-bond donors (Lipinski definition) is 2. The van der Waals surface area contributed by atoms with E-state index in [1.807, 2.05) is 0 Å². The lowest BCUT2D eigenvalue weighted by Crippen LogP contribution is -2.42. The van der Waals surface area contributed by atoms with Crippen LogP contribution in [0, 0.1) is 17.6 Å². The maximum atomic E-state index is 15.6. The zero-order valence-corrected chi connectivity index (χ0v) is 18.7. The van der Waals surface area contributed by atoms with Gasteiger partial charge in [0.05, 0.1) is 23.5 Å². The van der Waals surface area contributed by atoms with E-state index in [2.05, 4.69) is 5.32 Å². The lowest BCUT2D eigenvalue weighted by molar-refractivity contribution is 0.0499. The van der Waals surface area contributed by atoms with E-state index in [4.69, 9.17) is 4.74 Å². The molecule has 1 aromatic carbocycles. The van der Waals surface area contributed by atoms with Gasteiger partial charge in [0.2, 0.25) is 5.43 Å². The van der Waals surface area contributed by atoms with Crippen LogP contribution in [0.15, 0.2) is 17.1 Å². The van der Waals surface area contributed by atoms with E-state index in [1.165, 1.54) is 4.90 Å². The molecule has 33 heavy (non-hydrogen) atoms. The number of halogens is 3. The summed E-state index contributed by atoms with van der Waals surface area (Å²) >= 11 is 0. The second-order valence-electron chi connectivity index (χ2n) is 9.11. The number of amides is 1. The van der Waals surface area contributed by atoms with Crippen LogP contribution in [-0.4, -0.2) is 53.1 Å². The number of alkyl carbamates (subject to hydrolysis) is 1. The van der Waals surface area contributed by atoms with E-state index in [-0.39, 0.29) is 24.5 Å². The number of alkyl halides is 1. The number of hydrogen-bond acceptors (Lipinski definition) is 5. The van der Waals surface area contributed by atoms with Crippen LogP contribution in [-0.2, 0) is 11.3 Å². The highest BCUT2D eigenvalue weighted by molar-refractivity contribution is 5.94. The molecule has 2 atom stereocenters. The predicted octanol–water partition coefficient (Wildman–Crippen LogP) is 3.30. The van der Waals surface area contributed by atoms with E-state index >= 15 is 8.78 Å². The molecule has 0 saturated carbocycles. The van der Waals surface area contributed by atoms with E-state index in [0.717, 1.165) is 16.8 Å². The van der Waals surface area contributed by atoms with Gasteiger partial charge in [-0.05, 0) is 32.8 Å². The Morgan fingerprint density at radius 2 is 1.94 bits per heavy atom. The number of fused-ring (bicyclic) bond motifs is 1. The first kappa shape index (κ1) is 24.4. The number of aryl methyl sites for hydroxylation is 1. The van der Waals surface area contributed by atoms with Gasteiger partial charge in [0.1, 0.15) is 29.3 Å². The van der Waals surface area contributed by atoms with Crippen molar-refractivity contribution in [1.29, 1.82) is 0 Å². The maximum absolute atomic E-state index is 15.6. The SMILES string of the molecule is C[C@@H]1CN(c2c(F)cc3c(=O)c(C(=O)O)cn(CCF)c3c2F)C[C@@H]1NC(=O)OC(C)(C)C. The number of benzene rings is 1. The number of nitrogens with zero attached hydrogens (tertiary/aromatic N) is 2. The molecule has 1 aliphatic rings. The Kier molecular flexibility index (Phi) is 6.62. The Hall–Kier alpha value is -3.24. The van der Waals surface area contributed by atoms with Crippen molar-refractivity contribution in [2.24, 2.45) is 5.92 Å². The smallest absolute Gasteiger partial charge is 0.407 e. The van der Waals surface area contributed by atoms with Crippen molar-refractivity contribution < 1.29 is 32.6 Å². The Bertz CT molecular complexity index is 1160. The van der Waals surface area contributed by atoms with Crippen LogP contribution in [0.25, 0.3) is 10.9 Å². The highest BCUT2D eigenvalue weighted by Crippen LogP contribution is 2.33. The lowest BCUT2D eigenvalue weighted by atomic mass is 10.1. The largest absolute Gasteiger partial charge is 0.477 e. The average molecular weight is 469 g/mol. The number of carbonyl (C=O) groups excluding carboxylic acids is 1. The van der Waals surface area contributed by atoms with Crippen LogP contribution < -0.4 is 15.6 Å². The summed E-state index contributed by atoms with van der Waals surface area (Å²) in [5.74, 6) is -3.92. The maximum Gasteiger partial charge on any atom is 0.407 e. The summed E-state index contributed by atoms with van der Waals surface area (Å²) in [4.78, 5) is 37.4. The van der Waals surface area contributed by atoms with Crippen LogP contribution in [0.3, 0.4) is 0 Å². The number of nitrogens with one attached hydrogen (secondary N) is 1. The van der Waals surface area contributed by atoms with Gasteiger partial charge in [0.15, 0.2) is 5.82 Å². The van der Waals surface area contributed by atoms with Gasteiger partial charge in [-0.25, -0.2) is 22.8 Å². The van der Waals surface area contributed by atoms with Gasteiger partial charge in [-0.15, -0.1) is 0 Å². The van der Waals surface area contributed by atoms with Crippen molar-refractivity contribution in [3.63, 3.8) is 0 Å². The molecule has 0 unspecified atom stereocenters. The summed E-state index contributed by atoms with van der Waals surface area (Å²) < 4.78 is 49.9. The molecule has 2 aromatic rings. The zero-order chi connectivity index (χ0) is 24.7. The molecule has 1 fully saturated rings. The van der Waals surface area contributed by atoms with Crippen molar-refractivity contribution in [3.05, 3.63) is 39.7 Å². The number of carbonyl (C=O) groups is 2. The van der Waals surface area contributed by atoms with Crippen molar-refractivity contribution in [2.75, 3.05) is 24.7 Å². The average Bonchev–Trinajstić information content (AvgIpc) is 3.01. The molecule has 2 N–H and O–H groups in total. The highest BCUT2D eigenvalue weighted by atomic mass is 19.1.